The number of nitrogens with zero attached hydrogens (tertiary/aromatic N) is 1. The first-order chi connectivity index (χ1) is 13.4. The molecule has 1 aromatic heterocycles. The van der Waals surface area contributed by atoms with Gasteiger partial charge >= 0.3 is 0 Å². The molecule has 1 amide bonds. The molecule has 3 rings (SSSR count). The lowest BCUT2D eigenvalue weighted by Gasteiger charge is -2.24. The van der Waals surface area contributed by atoms with Gasteiger partial charge < -0.3 is 9.73 Å². The Morgan fingerprint density at radius 3 is 2.39 bits per heavy atom. The zero-order valence-corrected chi connectivity index (χ0v) is 16.6. The molecular weight excluding hydrogens is 376 g/mol. The third kappa shape index (κ3) is 4.43. The van der Waals surface area contributed by atoms with Gasteiger partial charge in [0, 0.05) is 0 Å². The van der Waals surface area contributed by atoms with Gasteiger partial charge in [0.1, 0.15) is 12.3 Å². The van der Waals surface area contributed by atoms with Crippen LogP contribution in [-0.4, -0.2) is 20.9 Å². The molecule has 1 heterocycles. The fourth-order valence-electron chi connectivity index (χ4n) is 2.70. The number of anilines is 1. The van der Waals surface area contributed by atoms with E-state index in [1.54, 1.807) is 42.5 Å². The molecule has 3 aromatic rings. The number of nitrogens with one attached hydrogen (secondary N) is 1. The maximum absolute atomic E-state index is 13.2. The molecule has 2 aromatic carbocycles. The highest BCUT2D eigenvalue weighted by molar-refractivity contribution is 7.92. The summed E-state index contributed by atoms with van der Waals surface area (Å²) in [5, 5.41) is 2.70. The van der Waals surface area contributed by atoms with E-state index in [1.165, 1.54) is 18.4 Å². The van der Waals surface area contributed by atoms with Crippen molar-refractivity contribution in [1.29, 1.82) is 0 Å². The third-order valence-electron chi connectivity index (χ3n) is 4.44. The fraction of sp³-hybridized carbons (Fsp3) is 0.190. The Morgan fingerprint density at radius 2 is 1.75 bits per heavy atom. The van der Waals surface area contributed by atoms with E-state index in [9.17, 15) is 13.2 Å². The Labute approximate surface area is 164 Å². The summed E-state index contributed by atoms with van der Waals surface area (Å²) in [6, 6.07) is 16.9. The summed E-state index contributed by atoms with van der Waals surface area (Å²) in [5.41, 5.74) is 2.44. The highest BCUT2D eigenvalue weighted by atomic mass is 32.2. The van der Waals surface area contributed by atoms with Crippen LogP contribution < -0.4 is 9.62 Å². The van der Waals surface area contributed by atoms with Crippen molar-refractivity contribution in [2.24, 2.45) is 0 Å². The van der Waals surface area contributed by atoms with Crippen molar-refractivity contribution in [3.8, 4) is 0 Å². The van der Waals surface area contributed by atoms with Gasteiger partial charge in [-0.3, -0.25) is 9.10 Å². The highest BCUT2D eigenvalue weighted by Crippen LogP contribution is 2.25. The van der Waals surface area contributed by atoms with Crippen molar-refractivity contribution in [3.05, 3.63) is 83.8 Å². The summed E-state index contributed by atoms with van der Waals surface area (Å²) >= 11 is 0. The van der Waals surface area contributed by atoms with E-state index in [2.05, 4.69) is 5.32 Å². The van der Waals surface area contributed by atoms with Gasteiger partial charge in [0.25, 0.3) is 10.0 Å². The number of carbonyl (C=O) groups excluding carboxylic acids is 1. The molecule has 146 valence electrons. The summed E-state index contributed by atoms with van der Waals surface area (Å²) in [7, 11) is -3.90. The second kappa shape index (κ2) is 8.31. The first-order valence-electron chi connectivity index (χ1n) is 8.82. The third-order valence-corrected chi connectivity index (χ3v) is 6.22. The number of hydrogen-bond acceptors (Lipinski definition) is 4. The lowest BCUT2D eigenvalue weighted by atomic mass is 10.1. The largest absolute Gasteiger partial charge is 0.467 e. The minimum atomic E-state index is -3.90. The number of aryl methyl sites for hydroxylation is 2. The van der Waals surface area contributed by atoms with Gasteiger partial charge in [0.2, 0.25) is 5.91 Å². The van der Waals surface area contributed by atoms with Crippen LogP contribution >= 0.6 is 0 Å². The van der Waals surface area contributed by atoms with E-state index in [4.69, 9.17) is 4.42 Å². The van der Waals surface area contributed by atoms with Crippen LogP contribution in [0.2, 0.25) is 0 Å². The average Bonchev–Trinajstić information content (AvgIpc) is 3.21. The summed E-state index contributed by atoms with van der Waals surface area (Å²) in [5.74, 6) is 0.172. The predicted octanol–water partition coefficient (Wildman–Crippen LogP) is 3.41. The van der Waals surface area contributed by atoms with E-state index < -0.39 is 15.9 Å². The maximum Gasteiger partial charge on any atom is 0.264 e. The fourth-order valence-corrected chi connectivity index (χ4v) is 4.13. The molecule has 0 spiro atoms. The molecule has 0 aliphatic heterocycles. The zero-order chi connectivity index (χ0) is 20.1. The van der Waals surface area contributed by atoms with Crippen LogP contribution in [0.15, 0.2) is 76.2 Å². The standard InChI is InChI=1S/C21H22N2O4S/c1-16-10-11-18(13-17(16)2)23(28(25,26)20-8-4-3-5-9-20)15-21(24)22-14-19-7-6-12-27-19/h3-13H,14-15H2,1-2H3,(H,22,24). The lowest BCUT2D eigenvalue weighted by Crippen LogP contribution is -2.40. The normalized spacial score (nSPS) is 11.2. The van der Waals surface area contributed by atoms with Crippen molar-refractivity contribution < 1.29 is 17.6 Å². The Bertz CT molecular complexity index is 1050. The number of hydrogen-bond donors (Lipinski definition) is 1. The molecule has 0 saturated carbocycles. The molecule has 6 nitrogen and oxygen atoms in total. The molecule has 0 fully saturated rings. The predicted molar refractivity (Wildman–Crippen MR) is 107 cm³/mol. The second-order valence-electron chi connectivity index (χ2n) is 6.45. The Kier molecular flexibility index (Phi) is 5.84. The van der Waals surface area contributed by atoms with Crippen molar-refractivity contribution in [2.75, 3.05) is 10.8 Å². The van der Waals surface area contributed by atoms with Gasteiger partial charge in [-0.2, -0.15) is 0 Å². The van der Waals surface area contributed by atoms with Crippen molar-refractivity contribution in [3.63, 3.8) is 0 Å². The van der Waals surface area contributed by atoms with Crippen LogP contribution in [0.5, 0.6) is 0 Å². The zero-order valence-electron chi connectivity index (χ0n) is 15.8. The number of rotatable bonds is 7. The van der Waals surface area contributed by atoms with Crippen molar-refractivity contribution in [1.82, 2.24) is 5.32 Å². The Morgan fingerprint density at radius 1 is 1.00 bits per heavy atom. The molecule has 1 N–H and O–H groups in total. The lowest BCUT2D eigenvalue weighted by molar-refractivity contribution is -0.119. The Balaban J connectivity index is 1.90. The van der Waals surface area contributed by atoms with E-state index in [0.717, 1.165) is 15.4 Å². The van der Waals surface area contributed by atoms with Crippen molar-refractivity contribution in [2.45, 2.75) is 25.3 Å². The summed E-state index contributed by atoms with van der Waals surface area (Å²) < 4.78 is 32.8. The minimum absolute atomic E-state index is 0.132. The van der Waals surface area contributed by atoms with E-state index in [0.29, 0.717) is 11.4 Å². The van der Waals surface area contributed by atoms with Gasteiger partial charge in [-0.05, 0) is 61.4 Å². The molecular formula is C21H22N2O4S. The molecule has 0 bridgehead atoms. The average molecular weight is 398 g/mol. The molecule has 0 radical (unpaired) electrons. The Hall–Kier alpha value is -3.06. The smallest absolute Gasteiger partial charge is 0.264 e. The van der Waals surface area contributed by atoms with Gasteiger partial charge in [-0.1, -0.05) is 24.3 Å². The van der Waals surface area contributed by atoms with E-state index in [1.807, 2.05) is 19.9 Å². The number of benzene rings is 2. The molecule has 28 heavy (non-hydrogen) atoms. The molecule has 0 atom stereocenters. The molecule has 0 aliphatic rings. The molecule has 0 saturated heterocycles. The second-order valence-corrected chi connectivity index (χ2v) is 8.31. The van der Waals surface area contributed by atoms with E-state index >= 15 is 0 Å². The molecule has 7 heteroatoms. The van der Waals surface area contributed by atoms with Gasteiger partial charge in [0.15, 0.2) is 0 Å². The first kappa shape index (κ1) is 19.7. The van der Waals surface area contributed by atoms with Gasteiger partial charge in [-0.15, -0.1) is 0 Å². The summed E-state index contributed by atoms with van der Waals surface area (Å²) in [6.07, 6.45) is 1.52. The molecule has 0 aliphatic carbocycles. The summed E-state index contributed by atoms with van der Waals surface area (Å²) in [4.78, 5) is 12.6. The first-order valence-corrected chi connectivity index (χ1v) is 10.3. The number of carbonyl (C=O) groups is 1. The van der Waals surface area contributed by atoms with E-state index in [-0.39, 0.29) is 18.0 Å². The monoisotopic (exact) mass is 398 g/mol. The van der Waals surface area contributed by atoms with Crippen molar-refractivity contribution >= 4 is 21.6 Å². The topological polar surface area (TPSA) is 79.6 Å². The van der Waals surface area contributed by atoms with Crippen LogP contribution in [0.1, 0.15) is 16.9 Å². The molecule has 0 unspecified atom stereocenters. The maximum atomic E-state index is 13.2. The van der Waals surface area contributed by atoms with Gasteiger partial charge in [-0.25, -0.2) is 8.42 Å². The van der Waals surface area contributed by atoms with Crippen LogP contribution in [0.4, 0.5) is 5.69 Å². The van der Waals surface area contributed by atoms with Crippen LogP contribution in [0.3, 0.4) is 0 Å². The van der Waals surface area contributed by atoms with Crippen LogP contribution in [-0.2, 0) is 21.4 Å². The SMILES string of the molecule is Cc1ccc(N(CC(=O)NCc2ccco2)S(=O)(=O)c2ccccc2)cc1C. The van der Waals surface area contributed by atoms with Gasteiger partial charge in [0.05, 0.1) is 23.4 Å². The minimum Gasteiger partial charge on any atom is -0.467 e. The van der Waals surface area contributed by atoms with Crippen LogP contribution in [0, 0.1) is 13.8 Å². The van der Waals surface area contributed by atoms with Crippen LogP contribution in [0.25, 0.3) is 0 Å². The summed E-state index contributed by atoms with van der Waals surface area (Å²) in [6.45, 7) is 3.72. The number of sulfonamides is 1. The highest BCUT2D eigenvalue weighted by Gasteiger charge is 2.27. The number of amides is 1. The number of furan rings is 1. The quantitative estimate of drug-likeness (QED) is 0.661.